The fraction of sp³-hybridized carbons (Fsp3) is 0.375. The second-order valence-electron chi connectivity index (χ2n) is 5.81. The van der Waals surface area contributed by atoms with E-state index in [4.69, 9.17) is 9.47 Å². The Hall–Kier alpha value is -1.70. The van der Waals surface area contributed by atoms with Crippen LogP contribution in [0.3, 0.4) is 0 Å². The maximum atomic E-state index is 10.9. The molecule has 1 N–H and O–H groups in total. The van der Waals surface area contributed by atoms with Gasteiger partial charge in [0.05, 0.1) is 24.3 Å². The number of aliphatic hydroxyl groups excluding tert-OH is 1. The number of halogens is 1. The molecule has 0 aliphatic carbocycles. The summed E-state index contributed by atoms with van der Waals surface area (Å²) in [4.78, 5) is 3.99. The molecule has 1 aliphatic rings. The molecule has 1 aliphatic heterocycles. The summed E-state index contributed by atoms with van der Waals surface area (Å²) in [5, 5.41) is 15.1. The topological polar surface area (TPSA) is 69.4 Å². The summed E-state index contributed by atoms with van der Waals surface area (Å²) in [6.07, 6.45) is 3.56. The SMILES string of the molecule is CC1(/C(O)=C(/Cc2ccc(Br)cc2)n2cncn2)COCOC1. The lowest BCUT2D eigenvalue weighted by Gasteiger charge is -2.33. The first kappa shape index (κ1) is 16.2. The number of aromatic nitrogens is 3. The number of benzene rings is 1. The summed E-state index contributed by atoms with van der Waals surface area (Å²) in [5.41, 5.74) is 1.13. The minimum Gasteiger partial charge on any atom is -0.510 e. The molecule has 0 radical (unpaired) electrons. The maximum absolute atomic E-state index is 10.9. The quantitative estimate of drug-likeness (QED) is 0.826. The number of aliphatic hydroxyl groups is 1. The zero-order chi connectivity index (χ0) is 16.3. The summed E-state index contributed by atoms with van der Waals surface area (Å²) in [7, 11) is 0. The predicted molar refractivity (Wildman–Crippen MR) is 88.6 cm³/mol. The van der Waals surface area contributed by atoms with Gasteiger partial charge in [-0.15, -0.1) is 0 Å². The van der Waals surface area contributed by atoms with E-state index >= 15 is 0 Å². The summed E-state index contributed by atoms with van der Waals surface area (Å²) >= 11 is 3.43. The molecule has 1 aromatic heterocycles. The van der Waals surface area contributed by atoms with Crippen molar-refractivity contribution in [3.8, 4) is 0 Å². The van der Waals surface area contributed by atoms with Gasteiger partial charge in [0, 0.05) is 10.9 Å². The second kappa shape index (κ2) is 6.82. The van der Waals surface area contributed by atoms with Crippen LogP contribution in [-0.2, 0) is 15.9 Å². The van der Waals surface area contributed by atoms with Gasteiger partial charge in [-0.2, -0.15) is 5.10 Å². The molecule has 2 aromatic rings. The van der Waals surface area contributed by atoms with Gasteiger partial charge in [-0.3, -0.25) is 0 Å². The first-order valence-electron chi connectivity index (χ1n) is 7.26. The van der Waals surface area contributed by atoms with Crippen molar-refractivity contribution >= 4 is 21.6 Å². The van der Waals surface area contributed by atoms with Crippen LogP contribution < -0.4 is 0 Å². The van der Waals surface area contributed by atoms with Gasteiger partial charge < -0.3 is 14.6 Å². The molecule has 2 heterocycles. The molecule has 7 heteroatoms. The van der Waals surface area contributed by atoms with Crippen LogP contribution in [0.1, 0.15) is 12.5 Å². The third kappa shape index (κ3) is 3.63. The van der Waals surface area contributed by atoms with E-state index in [1.165, 1.54) is 6.33 Å². The summed E-state index contributed by atoms with van der Waals surface area (Å²) in [6, 6.07) is 7.95. The van der Waals surface area contributed by atoms with Gasteiger partial charge in [0.2, 0.25) is 0 Å². The molecule has 6 nitrogen and oxygen atoms in total. The van der Waals surface area contributed by atoms with Crippen molar-refractivity contribution in [1.29, 1.82) is 0 Å². The maximum Gasteiger partial charge on any atom is 0.146 e. The van der Waals surface area contributed by atoms with E-state index in [1.807, 2.05) is 31.2 Å². The van der Waals surface area contributed by atoms with E-state index in [0.29, 0.717) is 25.3 Å². The molecule has 3 rings (SSSR count). The van der Waals surface area contributed by atoms with Crippen LogP contribution in [0.4, 0.5) is 0 Å². The lowest BCUT2D eigenvalue weighted by molar-refractivity contribution is -0.155. The van der Waals surface area contributed by atoms with E-state index in [1.54, 1.807) is 11.0 Å². The molecular weight excluding hydrogens is 362 g/mol. The van der Waals surface area contributed by atoms with E-state index < -0.39 is 5.41 Å². The fourth-order valence-electron chi connectivity index (χ4n) is 2.54. The first-order chi connectivity index (χ1) is 11.1. The van der Waals surface area contributed by atoms with Crippen LogP contribution in [0.5, 0.6) is 0 Å². The van der Waals surface area contributed by atoms with Gasteiger partial charge in [-0.1, -0.05) is 28.1 Å². The molecule has 1 aromatic carbocycles. The van der Waals surface area contributed by atoms with Crippen molar-refractivity contribution in [3.63, 3.8) is 0 Å². The smallest absolute Gasteiger partial charge is 0.146 e. The summed E-state index contributed by atoms with van der Waals surface area (Å²) in [6.45, 7) is 2.98. The highest BCUT2D eigenvalue weighted by atomic mass is 79.9. The number of nitrogens with zero attached hydrogens (tertiary/aromatic N) is 3. The Kier molecular flexibility index (Phi) is 4.79. The van der Waals surface area contributed by atoms with E-state index in [-0.39, 0.29) is 12.6 Å². The average Bonchev–Trinajstić information content (AvgIpc) is 3.08. The normalized spacial score (nSPS) is 18.5. The first-order valence-corrected chi connectivity index (χ1v) is 8.05. The number of hydrogen-bond donors (Lipinski definition) is 1. The van der Waals surface area contributed by atoms with Crippen molar-refractivity contribution in [2.75, 3.05) is 20.0 Å². The van der Waals surface area contributed by atoms with Crippen molar-refractivity contribution < 1.29 is 14.6 Å². The number of rotatable bonds is 4. The van der Waals surface area contributed by atoms with Gasteiger partial charge in [0.15, 0.2) is 0 Å². The highest BCUT2D eigenvalue weighted by Gasteiger charge is 2.35. The van der Waals surface area contributed by atoms with E-state index in [0.717, 1.165) is 10.0 Å². The molecule has 0 amide bonds. The Labute approximate surface area is 142 Å². The van der Waals surface area contributed by atoms with Crippen LogP contribution in [-0.4, -0.2) is 39.9 Å². The monoisotopic (exact) mass is 379 g/mol. The largest absolute Gasteiger partial charge is 0.510 e. The van der Waals surface area contributed by atoms with Crippen molar-refractivity contribution in [1.82, 2.24) is 14.8 Å². The average molecular weight is 380 g/mol. The number of ether oxygens (including phenoxy) is 2. The second-order valence-corrected chi connectivity index (χ2v) is 6.73. The molecule has 1 saturated heterocycles. The molecule has 0 atom stereocenters. The van der Waals surface area contributed by atoms with Crippen LogP contribution >= 0.6 is 15.9 Å². The van der Waals surface area contributed by atoms with E-state index in [9.17, 15) is 5.11 Å². The Morgan fingerprint density at radius 3 is 2.61 bits per heavy atom. The summed E-state index contributed by atoms with van der Waals surface area (Å²) in [5.74, 6) is 0.214. The van der Waals surface area contributed by atoms with Gasteiger partial charge in [-0.25, -0.2) is 9.67 Å². The lowest BCUT2D eigenvalue weighted by Crippen LogP contribution is -2.37. The zero-order valence-electron chi connectivity index (χ0n) is 12.8. The van der Waals surface area contributed by atoms with Crippen LogP contribution in [0.25, 0.3) is 5.70 Å². The number of hydrogen-bond acceptors (Lipinski definition) is 5. The van der Waals surface area contributed by atoms with Gasteiger partial charge in [-0.05, 0) is 24.6 Å². The van der Waals surface area contributed by atoms with E-state index in [2.05, 4.69) is 26.0 Å². The Balaban J connectivity index is 1.98. The van der Waals surface area contributed by atoms with Crippen molar-refractivity contribution in [2.45, 2.75) is 13.3 Å². The Morgan fingerprint density at radius 2 is 2.00 bits per heavy atom. The third-order valence-corrected chi connectivity index (χ3v) is 4.36. The molecule has 0 unspecified atom stereocenters. The molecule has 0 saturated carbocycles. The van der Waals surface area contributed by atoms with Crippen LogP contribution in [0.15, 0.2) is 47.2 Å². The predicted octanol–water partition coefficient (Wildman–Crippen LogP) is 3.02. The number of allylic oxidation sites excluding steroid dienone is 1. The molecule has 23 heavy (non-hydrogen) atoms. The minimum atomic E-state index is -0.602. The highest BCUT2D eigenvalue weighted by molar-refractivity contribution is 9.10. The third-order valence-electron chi connectivity index (χ3n) is 3.83. The Bertz CT molecular complexity index is 677. The fourth-order valence-corrected chi connectivity index (χ4v) is 2.80. The van der Waals surface area contributed by atoms with Gasteiger partial charge in [0.1, 0.15) is 25.2 Å². The van der Waals surface area contributed by atoms with Gasteiger partial charge >= 0.3 is 0 Å². The molecular formula is C16H18BrN3O3. The van der Waals surface area contributed by atoms with Crippen LogP contribution in [0, 0.1) is 5.41 Å². The van der Waals surface area contributed by atoms with Crippen molar-refractivity contribution in [3.05, 3.63) is 52.7 Å². The molecule has 1 fully saturated rings. The highest BCUT2D eigenvalue weighted by Crippen LogP contribution is 2.33. The standard InChI is InChI=1S/C16H18BrN3O3/c1-16(7-22-11-23-8-16)15(21)14(20-10-18-9-19-20)6-12-2-4-13(17)5-3-12/h2-5,9-10,21H,6-8,11H2,1H3/b15-14+. The molecule has 0 bridgehead atoms. The zero-order valence-corrected chi connectivity index (χ0v) is 14.4. The van der Waals surface area contributed by atoms with Crippen LogP contribution in [0.2, 0.25) is 0 Å². The van der Waals surface area contributed by atoms with Gasteiger partial charge in [0.25, 0.3) is 0 Å². The molecule has 0 spiro atoms. The Morgan fingerprint density at radius 1 is 1.30 bits per heavy atom. The molecule has 122 valence electrons. The summed E-state index contributed by atoms with van der Waals surface area (Å²) < 4.78 is 13.3. The lowest BCUT2D eigenvalue weighted by atomic mass is 9.87. The van der Waals surface area contributed by atoms with Crippen molar-refractivity contribution in [2.24, 2.45) is 5.41 Å². The minimum absolute atomic E-state index is 0.214.